The molecule has 0 aliphatic carbocycles. The van der Waals surface area contributed by atoms with Crippen molar-refractivity contribution < 1.29 is 28.6 Å². The molecule has 0 bridgehead atoms. The quantitative estimate of drug-likeness (QED) is 0.232. The summed E-state index contributed by atoms with van der Waals surface area (Å²) in [5.41, 5.74) is 0.174. The zero-order valence-corrected chi connectivity index (χ0v) is 21.7. The maximum atomic E-state index is 12.7. The van der Waals surface area contributed by atoms with Gasteiger partial charge in [-0.2, -0.15) is 0 Å². The highest BCUT2D eigenvalue weighted by atomic mass is 35.5. The molecular formula is C26H19Cl3O6S. The average molecular weight is 566 g/mol. The minimum atomic E-state index is -0.802. The molecule has 36 heavy (non-hydrogen) atoms. The van der Waals surface area contributed by atoms with Gasteiger partial charge < -0.3 is 14.2 Å². The van der Waals surface area contributed by atoms with Crippen molar-refractivity contribution in [2.24, 2.45) is 0 Å². The summed E-state index contributed by atoms with van der Waals surface area (Å²) in [6, 6.07) is 18.8. The summed E-state index contributed by atoms with van der Waals surface area (Å²) in [7, 11) is 0. The van der Waals surface area contributed by atoms with Crippen molar-refractivity contribution >= 4 is 64.5 Å². The lowest BCUT2D eigenvalue weighted by atomic mass is 10.2. The fourth-order valence-electron chi connectivity index (χ4n) is 3.41. The number of carbonyl (C=O) groups excluding carboxylic acids is 3. The molecule has 6 nitrogen and oxygen atoms in total. The van der Waals surface area contributed by atoms with E-state index in [-0.39, 0.29) is 11.9 Å². The number of carbonyl (C=O) groups is 3. The maximum Gasteiger partial charge on any atom is 0.339 e. The minimum absolute atomic E-state index is 0.0378. The number of esters is 3. The Hall–Kier alpha value is -2.71. The topological polar surface area (TPSA) is 78.9 Å². The number of hydrogen-bond donors (Lipinski definition) is 0. The summed E-state index contributed by atoms with van der Waals surface area (Å²) in [6.45, 7) is 0.0378. The molecule has 1 saturated heterocycles. The monoisotopic (exact) mass is 564 g/mol. The summed E-state index contributed by atoms with van der Waals surface area (Å²) in [6.07, 6.45) is -0.440. The van der Waals surface area contributed by atoms with Crippen LogP contribution in [0.2, 0.25) is 15.1 Å². The van der Waals surface area contributed by atoms with Crippen LogP contribution in [0, 0.1) is 0 Å². The lowest BCUT2D eigenvalue weighted by Crippen LogP contribution is -2.29. The molecule has 0 aromatic heterocycles. The number of rotatable bonds is 7. The first-order valence-corrected chi connectivity index (χ1v) is 12.9. The van der Waals surface area contributed by atoms with E-state index in [1.54, 1.807) is 72.8 Å². The van der Waals surface area contributed by atoms with Gasteiger partial charge >= 0.3 is 17.9 Å². The van der Waals surface area contributed by atoms with Gasteiger partial charge in [0.1, 0.15) is 12.7 Å². The van der Waals surface area contributed by atoms with E-state index in [4.69, 9.17) is 49.0 Å². The molecule has 3 atom stereocenters. The van der Waals surface area contributed by atoms with Crippen molar-refractivity contribution in [3.05, 3.63) is 105 Å². The first-order chi connectivity index (χ1) is 17.3. The molecule has 1 unspecified atom stereocenters. The van der Waals surface area contributed by atoms with Gasteiger partial charge in [-0.15, -0.1) is 11.8 Å². The summed E-state index contributed by atoms with van der Waals surface area (Å²) in [5.74, 6) is -1.68. The molecular weight excluding hydrogens is 547 g/mol. The predicted octanol–water partition coefficient (Wildman–Crippen LogP) is 6.72. The van der Waals surface area contributed by atoms with Crippen LogP contribution in [0.25, 0.3) is 0 Å². The molecule has 186 valence electrons. The Morgan fingerprint density at radius 3 is 1.56 bits per heavy atom. The van der Waals surface area contributed by atoms with E-state index < -0.39 is 29.4 Å². The van der Waals surface area contributed by atoms with E-state index in [9.17, 15) is 14.4 Å². The summed E-state index contributed by atoms with van der Waals surface area (Å²) in [4.78, 5) is 37.8. The number of ether oxygens (including phenoxy) is 3. The summed E-state index contributed by atoms with van der Waals surface area (Å²) < 4.78 is 16.8. The summed E-state index contributed by atoms with van der Waals surface area (Å²) in [5, 5.41) is 1.21. The number of hydrogen-bond acceptors (Lipinski definition) is 7. The third-order valence-corrected chi connectivity index (χ3v) is 7.38. The van der Waals surface area contributed by atoms with Crippen LogP contribution < -0.4 is 0 Å². The first-order valence-electron chi connectivity index (χ1n) is 10.8. The highest BCUT2D eigenvalue weighted by molar-refractivity contribution is 8.00. The molecule has 0 radical (unpaired) electrons. The van der Waals surface area contributed by atoms with Gasteiger partial charge in [0.15, 0.2) is 5.44 Å². The van der Waals surface area contributed by atoms with E-state index in [1.165, 1.54) is 11.8 Å². The standard InChI is InChI=1S/C26H19Cl3O6S/c27-18-7-1-15(2-8-18)23(30)33-14-21-13-22(34-24(31)16-3-9-19(28)10-4-16)26(36-21)35-25(32)17-5-11-20(29)12-6-17/h1-12,21-22,26H,13-14H2/t21-,22+,26?/m1/s1. The van der Waals surface area contributed by atoms with Crippen LogP contribution in [0.4, 0.5) is 0 Å². The van der Waals surface area contributed by atoms with Crippen LogP contribution in [0.15, 0.2) is 72.8 Å². The molecule has 0 amide bonds. The van der Waals surface area contributed by atoms with Gasteiger partial charge in [0.05, 0.1) is 16.7 Å². The molecule has 0 saturated carbocycles. The van der Waals surface area contributed by atoms with Crippen LogP contribution in [-0.4, -0.2) is 41.3 Å². The van der Waals surface area contributed by atoms with Crippen LogP contribution in [-0.2, 0) is 14.2 Å². The Balaban J connectivity index is 1.43. The lowest BCUT2D eigenvalue weighted by Gasteiger charge is -2.19. The highest BCUT2D eigenvalue weighted by Gasteiger charge is 2.41. The predicted molar refractivity (Wildman–Crippen MR) is 139 cm³/mol. The molecule has 3 aromatic rings. The van der Waals surface area contributed by atoms with Crippen molar-refractivity contribution in [2.45, 2.75) is 23.2 Å². The molecule has 3 aromatic carbocycles. The Kier molecular flexibility index (Phi) is 8.80. The second-order valence-electron chi connectivity index (χ2n) is 7.83. The smallest absolute Gasteiger partial charge is 0.339 e. The Morgan fingerprint density at radius 1 is 0.667 bits per heavy atom. The van der Waals surface area contributed by atoms with Gasteiger partial charge in [-0.05, 0) is 72.8 Å². The van der Waals surface area contributed by atoms with Crippen molar-refractivity contribution in [1.29, 1.82) is 0 Å². The number of halogens is 3. The molecule has 1 fully saturated rings. The second-order valence-corrected chi connectivity index (χ2v) is 10.5. The molecule has 1 aliphatic rings. The van der Waals surface area contributed by atoms with Gasteiger partial charge in [-0.3, -0.25) is 0 Å². The number of thioether (sulfide) groups is 1. The van der Waals surface area contributed by atoms with Crippen molar-refractivity contribution in [3.63, 3.8) is 0 Å². The van der Waals surface area contributed by atoms with Crippen molar-refractivity contribution in [2.75, 3.05) is 6.61 Å². The maximum absolute atomic E-state index is 12.7. The molecule has 0 N–H and O–H groups in total. The third-order valence-electron chi connectivity index (χ3n) is 5.25. The van der Waals surface area contributed by atoms with Gasteiger partial charge in [0.25, 0.3) is 0 Å². The molecule has 4 rings (SSSR count). The van der Waals surface area contributed by atoms with Crippen LogP contribution in [0.1, 0.15) is 37.5 Å². The zero-order chi connectivity index (χ0) is 25.7. The third kappa shape index (κ3) is 6.95. The second kappa shape index (κ2) is 12.0. The highest BCUT2D eigenvalue weighted by Crippen LogP contribution is 2.38. The van der Waals surface area contributed by atoms with E-state index in [2.05, 4.69) is 0 Å². The zero-order valence-electron chi connectivity index (χ0n) is 18.6. The Bertz CT molecular complexity index is 1160. The van der Waals surface area contributed by atoms with Gasteiger partial charge in [0, 0.05) is 26.7 Å². The Morgan fingerprint density at radius 2 is 1.08 bits per heavy atom. The van der Waals surface area contributed by atoms with Crippen LogP contribution in [0.3, 0.4) is 0 Å². The fourth-order valence-corrected chi connectivity index (χ4v) is 5.10. The van der Waals surface area contributed by atoms with Gasteiger partial charge in [-0.1, -0.05) is 34.8 Å². The van der Waals surface area contributed by atoms with E-state index in [0.29, 0.717) is 38.2 Å². The molecule has 1 aliphatic heterocycles. The van der Waals surface area contributed by atoms with Gasteiger partial charge in [-0.25, -0.2) is 14.4 Å². The normalized spacial score (nSPS) is 18.9. The average Bonchev–Trinajstić information content (AvgIpc) is 3.24. The van der Waals surface area contributed by atoms with E-state index in [0.717, 1.165) is 0 Å². The molecule has 0 spiro atoms. The van der Waals surface area contributed by atoms with Crippen molar-refractivity contribution in [3.8, 4) is 0 Å². The first kappa shape index (κ1) is 26.4. The van der Waals surface area contributed by atoms with Crippen LogP contribution >= 0.6 is 46.6 Å². The fraction of sp³-hybridized carbons (Fsp3) is 0.192. The van der Waals surface area contributed by atoms with Crippen molar-refractivity contribution in [1.82, 2.24) is 0 Å². The van der Waals surface area contributed by atoms with E-state index >= 15 is 0 Å². The van der Waals surface area contributed by atoms with Crippen LogP contribution in [0.5, 0.6) is 0 Å². The van der Waals surface area contributed by atoms with E-state index in [1.807, 2.05) is 0 Å². The SMILES string of the molecule is O=C(OC[C@H]1C[C@H](OC(=O)c2ccc(Cl)cc2)C(OC(=O)c2ccc(Cl)cc2)S1)c1ccc(Cl)cc1. The number of benzene rings is 3. The largest absolute Gasteiger partial charge is 0.461 e. The Labute approximate surface area is 226 Å². The summed E-state index contributed by atoms with van der Waals surface area (Å²) >= 11 is 18.9. The van der Waals surface area contributed by atoms with Gasteiger partial charge in [0.2, 0.25) is 0 Å². The lowest BCUT2D eigenvalue weighted by molar-refractivity contribution is -0.00863. The molecule has 1 heterocycles. The molecule has 10 heteroatoms. The minimum Gasteiger partial charge on any atom is -0.461 e.